The average Bonchev–Trinajstić information content (AvgIpc) is 2.25. The van der Waals surface area contributed by atoms with E-state index in [2.05, 4.69) is 0 Å². The standard InChI is InChI=1S/C14H20F6/c1-7-2-3-9(10(15)4-7)8-5-11(16)13(12(17)6-8)14(18,19)20/h7-13H,2-6H2,1H3. The summed E-state index contributed by atoms with van der Waals surface area (Å²) >= 11 is 0. The van der Waals surface area contributed by atoms with Gasteiger partial charge in [0.05, 0.1) is 0 Å². The third kappa shape index (κ3) is 3.25. The lowest BCUT2D eigenvalue weighted by Crippen LogP contribution is -2.47. The van der Waals surface area contributed by atoms with Gasteiger partial charge in [0.1, 0.15) is 24.4 Å². The molecule has 0 aliphatic heterocycles. The first-order chi connectivity index (χ1) is 9.20. The summed E-state index contributed by atoms with van der Waals surface area (Å²) in [6.45, 7) is 1.92. The Hall–Kier alpha value is -0.420. The molecular weight excluding hydrogens is 282 g/mol. The van der Waals surface area contributed by atoms with Gasteiger partial charge in [-0.15, -0.1) is 0 Å². The first-order valence-electron chi connectivity index (χ1n) is 7.19. The molecule has 0 amide bonds. The largest absolute Gasteiger partial charge is 0.397 e. The number of hydrogen-bond acceptors (Lipinski definition) is 0. The van der Waals surface area contributed by atoms with Crippen molar-refractivity contribution >= 4 is 0 Å². The summed E-state index contributed by atoms with van der Waals surface area (Å²) in [6.07, 6.45) is -9.62. The predicted molar refractivity (Wildman–Crippen MR) is 63.5 cm³/mol. The molecule has 0 aromatic carbocycles. The number of rotatable bonds is 1. The van der Waals surface area contributed by atoms with Crippen LogP contribution in [0.5, 0.6) is 0 Å². The Morgan fingerprint density at radius 2 is 1.35 bits per heavy atom. The lowest BCUT2D eigenvalue weighted by molar-refractivity contribution is -0.221. The summed E-state index contributed by atoms with van der Waals surface area (Å²) in [5, 5.41) is 0. The molecule has 20 heavy (non-hydrogen) atoms. The normalized spacial score (nSPS) is 47.2. The second-order valence-electron chi connectivity index (χ2n) is 6.43. The summed E-state index contributed by atoms with van der Waals surface area (Å²) in [7, 11) is 0. The van der Waals surface area contributed by atoms with E-state index >= 15 is 0 Å². The van der Waals surface area contributed by atoms with Crippen LogP contribution >= 0.6 is 0 Å². The van der Waals surface area contributed by atoms with Crippen LogP contribution in [-0.4, -0.2) is 24.7 Å². The van der Waals surface area contributed by atoms with Gasteiger partial charge in [0.25, 0.3) is 0 Å². The summed E-state index contributed by atoms with van der Waals surface area (Å²) in [4.78, 5) is 0. The molecule has 0 aromatic rings. The summed E-state index contributed by atoms with van der Waals surface area (Å²) in [5.41, 5.74) is 0. The van der Waals surface area contributed by atoms with Crippen LogP contribution in [0.3, 0.4) is 0 Å². The fraction of sp³-hybridized carbons (Fsp3) is 1.00. The van der Waals surface area contributed by atoms with Gasteiger partial charge in [0.15, 0.2) is 0 Å². The fourth-order valence-corrected chi connectivity index (χ4v) is 3.82. The Labute approximate surface area is 114 Å². The highest BCUT2D eigenvalue weighted by Gasteiger charge is 2.55. The fourth-order valence-electron chi connectivity index (χ4n) is 3.82. The SMILES string of the molecule is CC1CCC(C2CC(F)C(C(F)(F)F)C(F)C2)C(F)C1. The lowest BCUT2D eigenvalue weighted by atomic mass is 9.67. The van der Waals surface area contributed by atoms with Gasteiger partial charge in [-0.25, -0.2) is 13.2 Å². The third-order valence-electron chi connectivity index (χ3n) is 4.90. The minimum absolute atomic E-state index is 0.232. The molecule has 0 N–H and O–H groups in total. The average molecular weight is 302 g/mol. The quantitative estimate of drug-likeness (QED) is 0.596. The molecule has 2 aliphatic rings. The minimum Gasteiger partial charge on any atom is -0.247 e. The van der Waals surface area contributed by atoms with Crippen molar-refractivity contribution in [1.29, 1.82) is 0 Å². The van der Waals surface area contributed by atoms with Gasteiger partial charge in [-0.2, -0.15) is 13.2 Å². The maximum Gasteiger partial charge on any atom is 0.397 e. The van der Waals surface area contributed by atoms with Gasteiger partial charge in [0, 0.05) is 0 Å². The van der Waals surface area contributed by atoms with Crippen LogP contribution in [0.15, 0.2) is 0 Å². The molecule has 2 aliphatic carbocycles. The molecule has 0 nitrogen and oxygen atoms in total. The number of alkyl halides is 6. The van der Waals surface area contributed by atoms with Crippen molar-refractivity contribution in [3.05, 3.63) is 0 Å². The van der Waals surface area contributed by atoms with Gasteiger partial charge in [-0.1, -0.05) is 13.3 Å². The van der Waals surface area contributed by atoms with Crippen molar-refractivity contribution in [3.8, 4) is 0 Å². The van der Waals surface area contributed by atoms with Gasteiger partial charge in [-0.05, 0) is 43.4 Å². The Kier molecular flexibility index (Phi) is 4.59. The number of hydrogen-bond donors (Lipinski definition) is 0. The molecule has 118 valence electrons. The van der Waals surface area contributed by atoms with Crippen LogP contribution in [-0.2, 0) is 0 Å². The van der Waals surface area contributed by atoms with Gasteiger partial charge >= 0.3 is 6.18 Å². The second-order valence-corrected chi connectivity index (χ2v) is 6.43. The summed E-state index contributed by atoms with van der Waals surface area (Å²) in [6, 6.07) is 0. The van der Waals surface area contributed by atoms with E-state index in [9.17, 15) is 26.3 Å². The summed E-state index contributed by atoms with van der Waals surface area (Å²) < 4.78 is 79.2. The van der Waals surface area contributed by atoms with E-state index in [1.54, 1.807) is 0 Å². The minimum atomic E-state index is -4.86. The van der Waals surface area contributed by atoms with E-state index in [4.69, 9.17) is 0 Å². The third-order valence-corrected chi connectivity index (χ3v) is 4.90. The maximum atomic E-state index is 14.0. The molecule has 0 heterocycles. The molecule has 2 rings (SSSR count). The Balaban J connectivity index is 2.03. The van der Waals surface area contributed by atoms with Gasteiger partial charge in [-0.3, -0.25) is 0 Å². The van der Waals surface area contributed by atoms with Gasteiger partial charge < -0.3 is 0 Å². The Morgan fingerprint density at radius 1 is 0.800 bits per heavy atom. The van der Waals surface area contributed by atoms with Crippen molar-refractivity contribution in [2.45, 2.75) is 63.7 Å². The van der Waals surface area contributed by atoms with E-state index < -0.39 is 42.4 Å². The molecule has 0 radical (unpaired) electrons. The monoisotopic (exact) mass is 302 g/mol. The zero-order chi connectivity index (χ0) is 15.1. The maximum absolute atomic E-state index is 14.0. The van der Waals surface area contributed by atoms with Crippen molar-refractivity contribution < 1.29 is 26.3 Å². The first kappa shape index (κ1) is 16.0. The molecule has 0 bridgehead atoms. The van der Waals surface area contributed by atoms with Crippen molar-refractivity contribution in [2.75, 3.05) is 0 Å². The van der Waals surface area contributed by atoms with E-state index in [1.165, 1.54) is 0 Å². The van der Waals surface area contributed by atoms with Crippen molar-refractivity contribution in [1.82, 2.24) is 0 Å². The second kappa shape index (κ2) is 5.76. The molecule has 2 fully saturated rings. The Morgan fingerprint density at radius 3 is 1.80 bits per heavy atom. The molecule has 0 saturated heterocycles. The van der Waals surface area contributed by atoms with E-state index in [-0.39, 0.29) is 18.8 Å². The predicted octanol–water partition coefficient (Wildman–Crippen LogP) is 5.03. The zero-order valence-corrected chi connectivity index (χ0v) is 11.3. The molecule has 5 unspecified atom stereocenters. The van der Waals surface area contributed by atoms with E-state index in [0.717, 1.165) is 6.42 Å². The van der Waals surface area contributed by atoms with Crippen molar-refractivity contribution in [2.24, 2.45) is 23.7 Å². The van der Waals surface area contributed by atoms with E-state index in [0.29, 0.717) is 12.8 Å². The first-order valence-corrected chi connectivity index (χ1v) is 7.19. The van der Waals surface area contributed by atoms with E-state index in [1.807, 2.05) is 6.92 Å². The molecule has 6 heteroatoms. The van der Waals surface area contributed by atoms with Crippen LogP contribution in [0.2, 0.25) is 0 Å². The molecule has 5 atom stereocenters. The summed E-state index contributed by atoms with van der Waals surface area (Å²) in [5.74, 6) is -3.41. The number of halogens is 6. The van der Waals surface area contributed by atoms with Crippen LogP contribution in [0.25, 0.3) is 0 Å². The van der Waals surface area contributed by atoms with Gasteiger partial charge in [0.2, 0.25) is 0 Å². The zero-order valence-electron chi connectivity index (χ0n) is 11.3. The molecule has 0 aromatic heterocycles. The molecular formula is C14H20F6. The van der Waals surface area contributed by atoms with Crippen LogP contribution in [0.4, 0.5) is 26.3 Å². The highest BCUT2D eigenvalue weighted by atomic mass is 19.4. The smallest absolute Gasteiger partial charge is 0.247 e. The van der Waals surface area contributed by atoms with Crippen molar-refractivity contribution in [3.63, 3.8) is 0 Å². The van der Waals surface area contributed by atoms with Crippen LogP contribution in [0.1, 0.15) is 39.0 Å². The van der Waals surface area contributed by atoms with Crippen LogP contribution < -0.4 is 0 Å². The highest BCUT2D eigenvalue weighted by Crippen LogP contribution is 2.48. The topological polar surface area (TPSA) is 0 Å². The lowest BCUT2D eigenvalue weighted by Gasteiger charge is -2.42. The molecule has 0 spiro atoms. The highest BCUT2D eigenvalue weighted by molar-refractivity contribution is 4.95. The van der Waals surface area contributed by atoms with Crippen LogP contribution in [0, 0.1) is 23.7 Å². The Bertz CT molecular complexity index is 316. The molecule has 2 saturated carbocycles.